The first-order valence-corrected chi connectivity index (χ1v) is 10.9. The number of piperazine rings is 1. The molecule has 1 fully saturated rings. The van der Waals surface area contributed by atoms with Crippen LogP contribution in [0.3, 0.4) is 0 Å². The van der Waals surface area contributed by atoms with Crippen molar-refractivity contribution in [3.63, 3.8) is 0 Å². The first-order chi connectivity index (χ1) is 12.8. The standard InChI is InChI=1S/C21H32N4OS/c1-5-21(2,3)15-6-7-16-17(13-22)20(27-18(16)12-15)23-19(26)14-25-10-8-24(4)9-11-25/h15H,5-12,14H2,1-4H3,(H,23,26). The number of carbonyl (C=O) groups excluding carboxylic acids is 1. The van der Waals surface area contributed by atoms with Gasteiger partial charge in [-0.15, -0.1) is 11.3 Å². The highest BCUT2D eigenvalue weighted by atomic mass is 32.1. The van der Waals surface area contributed by atoms with Crippen LogP contribution in [0.2, 0.25) is 0 Å². The second-order valence-corrected chi connectivity index (χ2v) is 9.83. The van der Waals surface area contributed by atoms with Crippen molar-refractivity contribution in [1.29, 1.82) is 5.26 Å². The van der Waals surface area contributed by atoms with Crippen molar-refractivity contribution in [2.75, 3.05) is 45.1 Å². The number of anilines is 1. The molecule has 2 aliphatic rings. The highest BCUT2D eigenvalue weighted by Crippen LogP contribution is 2.45. The van der Waals surface area contributed by atoms with Crippen molar-refractivity contribution in [3.05, 3.63) is 16.0 Å². The molecular formula is C21H32N4OS. The molecule has 148 valence electrons. The van der Waals surface area contributed by atoms with Gasteiger partial charge in [0.05, 0.1) is 12.1 Å². The van der Waals surface area contributed by atoms with Gasteiger partial charge in [-0.2, -0.15) is 5.26 Å². The van der Waals surface area contributed by atoms with Crippen LogP contribution in [0.15, 0.2) is 0 Å². The van der Waals surface area contributed by atoms with Gasteiger partial charge < -0.3 is 10.2 Å². The Morgan fingerprint density at radius 3 is 2.67 bits per heavy atom. The van der Waals surface area contributed by atoms with Crippen molar-refractivity contribution in [2.24, 2.45) is 11.3 Å². The fourth-order valence-electron chi connectivity index (χ4n) is 4.12. The summed E-state index contributed by atoms with van der Waals surface area (Å²) in [6, 6.07) is 2.36. The molecule has 1 aliphatic heterocycles. The number of hydrogen-bond donors (Lipinski definition) is 1. The Labute approximate surface area is 167 Å². The van der Waals surface area contributed by atoms with E-state index in [0.29, 0.717) is 23.4 Å². The molecule has 1 aromatic rings. The molecule has 5 nitrogen and oxygen atoms in total. The molecule has 1 amide bonds. The first-order valence-electron chi connectivity index (χ1n) is 10.1. The molecule has 27 heavy (non-hydrogen) atoms. The highest BCUT2D eigenvalue weighted by Gasteiger charge is 2.34. The Bertz CT molecular complexity index is 725. The normalized spacial score (nSPS) is 21.5. The zero-order valence-corrected chi connectivity index (χ0v) is 17.9. The second-order valence-electron chi connectivity index (χ2n) is 8.73. The minimum atomic E-state index is 0.0000815. The zero-order valence-electron chi connectivity index (χ0n) is 17.1. The smallest absolute Gasteiger partial charge is 0.239 e. The number of rotatable bonds is 5. The molecule has 0 bridgehead atoms. The molecule has 1 saturated heterocycles. The second kappa shape index (κ2) is 8.30. The van der Waals surface area contributed by atoms with Crippen molar-refractivity contribution in [3.8, 4) is 6.07 Å². The van der Waals surface area contributed by atoms with Crippen molar-refractivity contribution < 1.29 is 4.79 Å². The Morgan fingerprint density at radius 2 is 2.04 bits per heavy atom. The molecule has 1 aliphatic carbocycles. The summed E-state index contributed by atoms with van der Waals surface area (Å²) in [5.74, 6) is 0.647. The van der Waals surface area contributed by atoms with E-state index in [1.165, 1.54) is 10.4 Å². The molecule has 3 rings (SSSR count). The largest absolute Gasteiger partial charge is 0.315 e. The molecule has 1 unspecified atom stereocenters. The summed E-state index contributed by atoms with van der Waals surface area (Å²) in [7, 11) is 2.11. The van der Waals surface area contributed by atoms with Crippen LogP contribution in [0.4, 0.5) is 5.00 Å². The van der Waals surface area contributed by atoms with Gasteiger partial charge in [-0.1, -0.05) is 27.2 Å². The lowest BCUT2D eigenvalue weighted by atomic mass is 9.69. The summed E-state index contributed by atoms with van der Waals surface area (Å²) < 4.78 is 0. The Morgan fingerprint density at radius 1 is 1.33 bits per heavy atom. The Balaban J connectivity index is 1.68. The third-order valence-electron chi connectivity index (χ3n) is 6.61. The molecule has 0 aromatic carbocycles. The summed E-state index contributed by atoms with van der Waals surface area (Å²) in [6.07, 6.45) is 4.28. The van der Waals surface area contributed by atoms with Crippen molar-refractivity contribution in [2.45, 2.75) is 46.5 Å². The summed E-state index contributed by atoms with van der Waals surface area (Å²) >= 11 is 1.63. The maximum absolute atomic E-state index is 12.5. The van der Waals surface area contributed by atoms with E-state index in [-0.39, 0.29) is 5.91 Å². The zero-order chi connectivity index (χ0) is 19.6. The van der Waals surface area contributed by atoms with E-state index in [9.17, 15) is 10.1 Å². The lowest BCUT2D eigenvalue weighted by Gasteiger charge is -2.36. The van der Waals surface area contributed by atoms with E-state index in [1.807, 2.05) is 0 Å². The lowest BCUT2D eigenvalue weighted by molar-refractivity contribution is -0.117. The monoisotopic (exact) mass is 388 g/mol. The topological polar surface area (TPSA) is 59.4 Å². The molecule has 0 radical (unpaired) electrons. The number of thiophene rings is 1. The van der Waals surface area contributed by atoms with Gasteiger partial charge in [0, 0.05) is 31.1 Å². The van der Waals surface area contributed by atoms with E-state index in [2.05, 4.69) is 49.0 Å². The van der Waals surface area contributed by atoms with Gasteiger partial charge >= 0.3 is 0 Å². The van der Waals surface area contributed by atoms with E-state index in [1.54, 1.807) is 11.3 Å². The summed E-state index contributed by atoms with van der Waals surface area (Å²) in [6.45, 7) is 11.2. The highest BCUT2D eigenvalue weighted by molar-refractivity contribution is 7.16. The number of fused-ring (bicyclic) bond motifs is 1. The Hall–Kier alpha value is -1.42. The van der Waals surface area contributed by atoms with Crippen molar-refractivity contribution >= 4 is 22.2 Å². The van der Waals surface area contributed by atoms with Crippen LogP contribution in [0.5, 0.6) is 0 Å². The molecule has 1 aromatic heterocycles. The van der Waals surface area contributed by atoms with Crippen LogP contribution in [-0.2, 0) is 17.6 Å². The van der Waals surface area contributed by atoms with E-state index < -0.39 is 0 Å². The van der Waals surface area contributed by atoms with Gasteiger partial charge in [0.25, 0.3) is 0 Å². The maximum Gasteiger partial charge on any atom is 0.239 e. The van der Waals surface area contributed by atoms with Gasteiger partial charge in [0.15, 0.2) is 0 Å². The van der Waals surface area contributed by atoms with Gasteiger partial charge in [-0.25, -0.2) is 0 Å². The minimum absolute atomic E-state index is 0.0000815. The third-order valence-corrected chi connectivity index (χ3v) is 7.78. The summed E-state index contributed by atoms with van der Waals surface area (Å²) in [4.78, 5) is 18.3. The van der Waals surface area contributed by atoms with Crippen LogP contribution in [-0.4, -0.2) is 55.5 Å². The van der Waals surface area contributed by atoms with Crippen LogP contribution >= 0.6 is 11.3 Å². The number of nitrogens with one attached hydrogen (secondary N) is 1. The molecule has 1 N–H and O–H groups in total. The molecule has 1 atom stereocenters. The average Bonchev–Trinajstić information content (AvgIpc) is 2.99. The third kappa shape index (κ3) is 4.53. The number of amides is 1. The fourth-order valence-corrected chi connectivity index (χ4v) is 5.42. The Kier molecular flexibility index (Phi) is 6.25. The van der Waals surface area contributed by atoms with Gasteiger partial charge in [0.1, 0.15) is 11.1 Å². The predicted octanol–water partition coefficient (Wildman–Crippen LogP) is 3.35. The van der Waals surface area contributed by atoms with Crippen LogP contribution in [0.1, 0.15) is 49.6 Å². The first kappa shape index (κ1) is 20.3. The van der Waals surface area contributed by atoms with Crippen LogP contribution in [0.25, 0.3) is 0 Å². The average molecular weight is 389 g/mol. The summed E-state index contributed by atoms with van der Waals surface area (Å²) in [5.41, 5.74) is 2.20. The molecule has 6 heteroatoms. The number of nitriles is 1. The quantitative estimate of drug-likeness (QED) is 0.840. The fraction of sp³-hybridized carbons (Fsp3) is 0.714. The SMILES string of the molecule is CCC(C)(C)C1CCc2c(sc(NC(=O)CN3CCN(C)CC3)c2C#N)C1. The molecule has 2 heterocycles. The van der Waals surface area contributed by atoms with E-state index in [4.69, 9.17) is 0 Å². The number of nitrogens with zero attached hydrogens (tertiary/aromatic N) is 3. The minimum Gasteiger partial charge on any atom is -0.315 e. The number of hydrogen-bond acceptors (Lipinski definition) is 5. The van der Waals surface area contributed by atoms with Gasteiger partial charge in [0.2, 0.25) is 5.91 Å². The molecule has 0 spiro atoms. The maximum atomic E-state index is 12.5. The van der Waals surface area contributed by atoms with Gasteiger partial charge in [-0.3, -0.25) is 9.69 Å². The van der Waals surface area contributed by atoms with Crippen molar-refractivity contribution in [1.82, 2.24) is 9.80 Å². The van der Waals surface area contributed by atoms with E-state index in [0.717, 1.165) is 56.9 Å². The van der Waals surface area contributed by atoms with Gasteiger partial charge in [-0.05, 0) is 43.2 Å². The van der Waals surface area contributed by atoms with Crippen LogP contribution < -0.4 is 5.32 Å². The van der Waals surface area contributed by atoms with Crippen LogP contribution in [0, 0.1) is 22.7 Å². The van der Waals surface area contributed by atoms with E-state index >= 15 is 0 Å². The summed E-state index contributed by atoms with van der Waals surface area (Å²) in [5, 5.41) is 13.5. The molecule has 0 saturated carbocycles. The molecular weight excluding hydrogens is 356 g/mol. The number of likely N-dealkylation sites (N-methyl/N-ethyl adjacent to an activating group) is 1. The predicted molar refractivity (Wildman–Crippen MR) is 111 cm³/mol. The number of carbonyl (C=O) groups is 1. The lowest BCUT2D eigenvalue weighted by Crippen LogP contribution is -2.47.